The predicted molar refractivity (Wildman–Crippen MR) is 79.6 cm³/mol. The van der Waals surface area contributed by atoms with E-state index in [1.165, 1.54) is 4.68 Å². The van der Waals surface area contributed by atoms with Crippen LogP contribution in [0.2, 0.25) is 0 Å². The fourth-order valence-electron chi connectivity index (χ4n) is 2.25. The van der Waals surface area contributed by atoms with Gasteiger partial charge >= 0.3 is 5.69 Å². The third kappa shape index (κ3) is 2.97. The normalized spacial score (nSPS) is 11.0. The fraction of sp³-hybridized carbons (Fsp3) is 0.462. The molecule has 118 valence electrons. The van der Waals surface area contributed by atoms with Crippen LogP contribution in [0.15, 0.2) is 12.3 Å². The summed E-state index contributed by atoms with van der Waals surface area (Å²) >= 11 is 0. The summed E-state index contributed by atoms with van der Waals surface area (Å²) in [4.78, 5) is 22.6. The van der Waals surface area contributed by atoms with Crippen LogP contribution in [-0.2, 0) is 11.3 Å². The van der Waals surface area contributed by atoms with Crippen molar-refractivity contribution in [3.63, 3.8) is 0 Å². The molecule has 0 saturated heterocycles. The average molecular weight is 306 g/mol. The van der Waals surface area contributed by atoms with Gasteiger partial charge in [-0.25, -0.2) is 4.68 Å². The number of aryl methyl sites for hydroxylation is 1. The van der Waals surface area contributed by atoms with Gasteiger partial charge in [-0.15, -0.1) is 0 Å². The van der Waals surface area contributed by atoms with Crippen molar-refractivity contribution in [1.82, 2.24) is 19.6 Å². The van der Waals surface area contributed by atoms with Crippen molar-refractivity contribution in [2.45, 2.75) is 40.3 Å². The summed E-state index contributed by atoms with van der Waals surface area (Å²) < 4.78 is 3.01. The van der Waals surface area contributed by atoms with E-state index in [0.717, 1.165) is 0 Å². The van der Waals surface area contributed by atoms with Gasteiger partial charge in [0.1, 0.15) is 23.8 Å². The van der Waals surface area contributed by atoms with Gasteiger partial charge in [-0.3, -0.25) is 19.6 Å². The Morgan fingerprint density at radius 2 is 2.14 bits per heavy atom. The molecule has 1 amide bonds. The zero-order valence-electron chi connectivity index (χ0n) is 12.9. The van der Waals surface area contributed by atoms with Gasteiger partial charge in [0.25, 0.3) is 0 Å². The Morgan fingerprint density at radius 3 is 2.68 bits per heavy atom. The predicted octanol–water partition coefficient (Wildman–Crippen LogP) is 1.82. The number of rotatable bonds is 5. The van der Waals surface area contributed by atoms with Gasteiger partial charge < -0.3 is 5.32 Å². The van der Waals surface area contributed by atoms with Crippen LogP contribution < -0.4 is 5.32 Å². The van der Waals surface area contributed by atoms with Crippen LogP contribution in [0.4, 0.5) is 11.5 Å². The van der Waals surface area contributed by atoms with E-state index in [9.17, 15) is 14.9 Å². The highest BCUT2D eigenvalue weighted by Crippen LogP contribution is 2.21. The summed E-state index contributed by atoms with van der Waals surface area (Å²) in [5.74, 6) is 0.263. The fourth-order valence-corrected chi connectivity index (χ4v) is 2.25. The first-order chi connectivity index (χ1) is 10.3. The number of amides is 1. The van der Waals surface area contributed by atoms with Gasteiger partial charge in [-0.2, -0.15) is 10.2 Å². The lowest BCUT2D eigenvalue weighted by molar-refractivity contribution is -0.386. The Balaban J connectivity index is 2.15. The van der Waals surface area contributed by atoms with Crippen molar-refractivity contribution in [3.8, 4) is 0 Å². The highest BCUT2D eigenvalue weighted by atomic mass is 16.6. The molecule has 0 saturated carbocycles. The molecular weight excluding hydrogens is 288 g/mol. The van der Waals surface area contributed by atoms with Crippen LogP contribution in [0, 0.1) is 24.0 Å². The van der Waals surface area contributed by atoms with Crippen molar-refractivity contribution < 1.29 is 9.72 Å². The van der Waals surface area contributed by atoms with Gasteiger partial charge in [-0.1, -0.05) is 0 Å². The van der Waals surface area contributed by atoms with Crippen LogP contribution in [0.3, 0.4) is 0 Å². The maximum atomic E-state index is 12.1. The monoisotopic (exact) mass is 306 g/mol. The Labute approximate surface area is 127 Å². The molecule has 2 rings (SSSR count). The number of carbonyl (C=O) groups is 1. The van der Waals surface area contributed by atoms with Gasteiger partial charge in [0, 0.05) is 12.1 Å². The summed E-state index contributed by atoms with van der Waals surface area (Å²) in [6.45, 7) is 6.93. The number of nitrogens with zero attached hydrogens (tertiary/aromatic N) is 5. The maximum Gasteiger partial charge on any atom is 0.312 e. The minimum atomic E-state index is -0.486. The minimum Gasteiger partial charge on any atom is -0.309 e. The zero-order valence-corrected chi connectivity index (χ0v) is 12.9. The molecule has 0 radical (unpaired) electrons. The van der Waals surface area contributed by atoms with Gasteiger partial charge in [0.2, 0.25) is 5.91 Å². The Hall–Kier alpha value is -2.71. The summed E-state index contributed by atoms with van der Waals surface area (Å²) in [5, 5.41) is 21.9. The highest BCUT2D eigenvalue weighted by Gasteiger charge is 2.23. The van der Waals surface area contributed by atoms with E-state index < -0.39 is 4.92 Å². The molecule has 2 aromatic rings. The first kappa shape index (κ1) is 15.7. The van der Waals surface area contributed by atoms with E-state index in [1.807, 2.05) is 13.8 Å². The summed E-state index contributed by atoms with van der Waals surface area (Å²) in [7, 11) is 0. The zero-order chi connectivity index (χ0) is 16.4. The Kier molecular flexibility index (Phi) is 4.25. The lowest BCUT2D eigenvalue weighted by Gasteiger charge is -2.12. The molecule has 0 fully saturated rings. The van der Waals surface area contributed by atoms with Crippen LogP contribution in [-0.4, -0.2) is 30.4 Å². The molecule has 0 aromatic carbocycles. The molecule has 9 heteroatoms. The van der Waals surface area contributed by atoms with Crippen molar-refractivity contribution in [2.75, 3.05) is 5.32 Å². The van der Waals surface area contributed by atoms with Crippen LogP contribution in [0.1, 0.15) is 31.3 Å². The Morgan fingerprint density at radius 1 is 1.45 bits per heavy atom. The second-order valence-corrected chi connectivity index (χ2v) is 5.24. The van der Waals surface area contributed by atoms with E-state index in [0.29, 0.717) is 17.2 Å². The van der Waals surface area contributed by atoms with E-state index >= 15 is 0 Å². The van der Waals surface area contributed by atoms with E-state index in [2.05, 4.69) is 15.5 Å². The Bertz CT molecular complexity index is 715. The van der Waals surface area contributed by atoms with Gasteiger partial charge in [0.15, 0.2) is 0 Å². The largest absolute Gasteiger partial charge is 0.312 e. The molecule has 0 atom stereocenters. The molecule has 0 bridgehead atoms. The van der Waals surface area contributed by atoms with Crippen molar-refractivity contribution >= 4 is 17.4 Å². The molecule has 2 heterocycles. The summed E-state index contributed by atoms with van der Waals surface area (Å²) in [6.07, 6.45) is 1.60. The molecule has 2 aromatic heterocycles. The van der Waals surface area contributed by atoms with E-state index in [4.69, 9.17) is 0 Å². The topological polar surface area (TPSA) is 108 Å². The molecule has 1 N–H and O–H groups in total. The quantitative estimate of drug-likeness (QED) is 0.669. The molecule has 0 aliphatic carbocycles. The standard InChI is InChI=1S/C13H18N6O3/c1-8(2)18-11(5-6-14-18)15-12(20)7-17-10(4)13(19(21)22)9(3)16-17/h5-6,8H,7H2,1-4H3,(H,15,20). The molecule has 0 unspecified atom stereocenters. The number of aromatic nitrogens is 4. The smallest absolute Gasteiger partial charge is 0.309 e. The van der Waals surface area contributed by atoms with Crippen LogP contribution in [0.25, 0.3) is 0 Å². The van der Waals surface area contributed by atoms with E-state index in [-0.39, 0.29) is 24.2 Å². The van der Waals surface area contributed by atoms with Gasteiger partial charge in [0.05, 0.1) is 11.1 Å². The molecule has 0 aliphatic heterocycles. The van der Waals surface area contributed by atoms with Gasteiger partial charge in [-0.05, 0) is 27.7 Å². The number of carbonyl (C=O) groups excluding carboxylic acids is 1. The van der Waals surface area contributed by atoms with Crippen molar-refractivity contribution in [1.29, 1.82) is 0 Å². The molecule has 0 spiro atoms. The molecular formula is C13H18N6O3. The third-order valence-corrected chi connectivity index (χ3v) is 3.25. The maximum absolute atomic E-state index is 12.1. The van der Waals surface area contributed by atoms with Crippen LogP contribution in [0.5, 0.6) is 0 Å². The second-order valence-electron chi connectivity index (χ2n) is 5.24. The first-order valence-corrected chi connectivity index (χ1v) is 6.83. The third-order valence-electron chi connectivity index (χ3n) is 3.25. The first-order valence-electron chi connectivity index (χ1n) is 6.83. The lowest BCUT2D eigenvalue weighted by Crippen LogP contribution is -2.22. The van der Waals surface area contributed by atoms with Crippen molar-refractivity contribution in [3.05, 3.63) is 33.8 Å². The minimum absolute atomic E-state index is 0.0555. The van der Waals surface area contributed by atoms with Crippen molar-refractivity contribution in [2.24, 2.45) is 0 Å². The highest BCUT2D eigenvalue weighted by molar-refractivity contribution is 5.89. The number of nitrogens with one attached hydrogen (secondary N) is 1. The molecule has 9 nitrogen and oxygen atoms in total. The summed E-state index contributed by atoms with van der Waals surface area (Å²) in [5.41, 5.74) is 0.595. The average Bonchev–Trinajstić information content (AvgIpc) is 2.95. The van der Waals surface area contributed by atoms with E-state index in [1.54, 1.807) is 30.8 Å². The van der Waals surface area contributed by atoms with Crippen LogP contribution >= 0.6 is 0 Å². The number of hydrogen-bond acceptors (Lipinski definition) is 5. The SMILES string of the molecule is Cc1nn(CC(=O)Nc2ccnn2C(C)C)c(C)c1[N+](=O)[O-]. The molecule has 0 aliphatic rings. The number of nitro groups is 1. The second kappa shape index (κ2) is 5.96. The summed E-state index contributed by atoms with van der Waals surface area (Å²) in [6, 6.07) is 1.81. The lowest BCUT2D eigenvalue weighted by atomic mass is 10.3. The molecule has 22 heavy (non-hydrogen) atoms. The number of anilines is 1. The number of hydrogen-bond donors (Lipinski definition) is 1.